The summed E-state index contributed by atoms with van der Waals surface area (Å²) < 4.78 is 1.28. The molecule has 2 rings (SSSR count). The predicted molar refractivity (Wildman–Crippen MR) is 46.1 cm³/mol. The van der Waals surface area contributed by atoms with Gasteiger partial charge in [-0.3, -0.25) is 0 Å². The molecule has 2 aliphatic rings. The third-order valence-electron chi connectivity index (χ3n) is 2.13. The second-order valence-corrected chi connectivity index (χ2v) is 5.66. The van der Waals surface area contributed by atoms with Crippen molar-refractivity contribution in [3.63, 3.8) is 0 Å². The van der Waals surface area contributed by atoms with E-state index in [0.29, 0.717) is 16.5 Å². The summed E-state index contributed by atoms with van der Waals surface area (Å²) in [4.78, 5) is 13.0. The minimum absolute atomic E-state index is 0.315. The Morgan fingerprint density at radius 2 is 2.55 bits per heavy atom. The van der Waals surface area contributed by atoms with Crippen molar-refractivity contribution in [3.8, 4) is 0 Å². The number of hydrogen-bond acceptors (Lipinski definition) is 2. The molecule has 2 nitrogen and oxygen atoms in total. The summed E-state index contributed by atoms with van der Waals surface area (Å²) in [6.07, 6.45) is 2.97. The minimum atomic E-state index is 0.315. The van der Waals surface area contributed by atoms with Crippen LogP contribution < -0.4 is 0 Å². The maximum atomic E-state index is 11.1. The Labute approximate surface area is 87.8 Å². The van der Waals surface area contributed by atoms with Gasteiger partial charge in [-0.15, -0.1) is 0 Å². The summed E-state index contributed by atoms with van der Waals surface area (Å²) in [5, 5.41) is 1.09. The first kappa shape index (κ1) is 8.17. The van der Waals surface area contributed by atoms with Gasteiger partial charge in [0.2, 0.25) is 0 Å². The van der Waals surface area contributed by atoms with Crippen LogP contribution >= 0.6 is 11.8 Å². The molecule has 1 amide bonds. The van der Waals surface area contributed by atoms with Crippen LogP contribution in [0.2, 0.25) is 0 Å². The van der Waals surface area contributed by atoms with Gasteiger partial charge < -0.3 is 0 Å². The van der Waals surface area contributed by atoms with Gasteiger partial charge in [0, 0.05) is 0 Å². The molecule has 4 heteroatoms. The van der Waals surface area contributed by atoms with Crippen molar-refractivity contribution in [3.05, 3.63) is 9.02 Å². The molecule has 2 atom stereocenters. The Bertz CT molecular complexity index is 241. The summed E-state index contributed by atoms with van der Waals surface area (Å²) >= 11 is 2.90. The van der Waals surface area contributed by atoms with E-state index in [1.165, 1.54) is 2.95 Å². The van der Waals surface area contributed by atoms with E-state index >= 15 is 0 Å². The van der Waals surface area contributed by atoms with Crippen LogP contribution in [0.15, 0.2) is 9.02 Å². The van der Waals surface area contributed by atoms with E-state index in [2.05, 4.69) is 13.0 Å². The molecule has 1 saturated heterocycles. The van der Waals surface area contributed by atoms with Crippen molar-refractivity contribution >= 4 is 45.6 Å². The van der Waals surface area contributed by atoms with Gasteiger partial charge >= 0.3 is 88.3 Å². The van der Waals surface area contributed by atoms with Crippen molar-refractivity contribution in [1.29, 1.82) is 0 Å². The summed E-state index contributed by atoms with van der Waals surface area (Å²) in [6, 6.07) is 0. The van der Waals surface area contributed by atoms with Gasteiger partial charge in [-0.2, -0.15) is 0 Å². The van der Waals surface area contributed by atoms with E-state index in [1.54, 1.807) is 0 Å². The van der Waals surface area contributed by atoms with Crippen molar-refractivity contribution in [2.24, 2.45) is 0 Å². The van der Waals surface area contributed by atoms with Gasteiger partial charge in [0.1, 0.15) is 0 Å². The molecule has 1 fully saturated rings. The molecule has 0 aromatic carbocycles. The first-order chi connectivity index (χ1) is 5.18. The van der Waals surface area contributed by atoms with E-state index < -0.39 is 0 Å². The Morgan fingerprint density at radius 3 is 3.09 bits per heavy atom. The molecule has 0 aromatic heterocycles. The Morgan fingerprint density at radius 1 is 1.82 bits per heavy atom. The fraction of sp³-hybridized carbons (Fsp3) is 0.571. The number of amides is 1. The number of nitrogens with zero attached hydrogens (tertiary/aromatic N) is 1. The Balaban J connectivity index is 2.23. The fourth-order valence-corrected chi connectivity index (χ4v) is 4.53. The molecule has 0 aliphatic carbocycles. The normalized spacial score (nSPS) is 36.1. The third-order valence-corrected chi connectivity index (χ3v) is 4.21. The topological polar surface area (TPSA) is 20.3 Å². The van der Waals surface area contributed by atoms with Gasteiger partial charge in [0.25, 0.3) is 0 Å². The Hall–Kier alpha value is 0.560. The third kappa shape index (κ3) is 1.28. The molecule has 0 saturated carbocycles. The van der Waals surface area contributed by atoms with Crippen molar-refractivity contribution in [1.82, 2.24) is 4.90 Å². The molecule has 54 valence electrons. The quantitative estimate of drug-likeness (QED) is 0.401. The average Bonchev–Trinajstić information content (AvgIpc) is 1.83. The van der Waals surface area contributed by atoms with Crippen LogP contribution in [0, 0.1) is 0 Å². The SMILES string of the molecule is CC1C=[C]([Na])N2C(=O)C[C@H]2S1. The van der Waals surface area contributed by atoms with Crippen molar-refractivity contribution < 1.29 is 4.79 Å². The van der Waals surface area contributed by atoms with Crippen LogP contribution in [0.5, 0.6) is 0 Å². The zero-order valence-corrected chi connectivity index (χ0v) is 9.52. The monoisotopic (exact) mass is 177 g/mol. The van der Waals surface area contributed by atoms with Gasteiger partial charge in [-0.1, -0.05) is 0 Å². The number of thioether (sulfide) groups is 1. The van der Waals surface area contributed by atoms with Crippen LogP contribution in [0.1, 0.15) is 13.3 Å². The first-order valence-electron chi connectivity index (χ1n) is 3.84. The molecule has 2 heterocycles. The number of rotatable bonds is 0. The van der Waals surface area contributed by atoms with E-state index in [0.717, 1.165) is 34.4 Å². The van der Waals surface area contributed by atoms with Crippen molar-refractivity contribution in [2.75, 3.05) is 0 Å². The standard InChI is InChI=1S/C7H8NOS.Na/c1-5-2-3-8-6(9)4-7(8)10-5;/h2,5,7H,4H2,1H3;/t5?,7-;/m1./s1. The van der Waals surface area contributed by atoms with Crippen LogP contribution in [0.3, 0.4) is 0 Å². The molecular weight excluding hydrogens is 169 g/mol. The molecular formula is C7H8NNaOS. The van der Waals surface area contributed by atoms with E-state index in [9.17, 15) is 4.79 Å². The van der Waals surface area contributed by atoms with Gasteiger partial charge in [-0.25, -0.2) is 0 Å². The second kappa shape index (κ2) is 2.80. The summed E-state index contributed by atoms with van der Waals surface area (Å²) in [6.45, 7) is 2.20. The molecule has 2 aliphatic heterocycles. The summed E-state index contributed by atoms with van der Waals surface area (Å²) in [7, 11) is 0. The molecule has 0 aromatic rings. The number of carbonyl (C=O) groups is 1. The zero-order chi connectivity index (χ0) is 8.01. The van der Waals surface area contributed by atoms with Crippen LogP contribution in [-0.4, -0.2) is 49.4 Å². The van der Waals surface area contributed by atoms with Crippen LogP contribution in [-0.2, 0) is 4.79 Å². The van der Waals surface area contributed by atoms with Gasteiger partial charge in [0.05, 0.1) is 0 Å². The Kier molecular flexibility index (Phi) is 2.08. The zero-order valence-electron chi connectivity index (χ0n) is 6.70. The molecule has 11 heavy (non-hydrogen) atoms. The summed E-state index contributed by atoms with van der Waals surface area (Å²) in [5.41, 5.74) is 0. The number of carbonyl (C=O) groups excluding carboxylic acids is 1. The number of β-lactam (4-membered cyclic amide) rings is 1. The predicted octanol–water partition coefficient (Wildman–Crippen LogP) is 0.690. The van der Waals surface area contributed by atoms with E-state index in [4.69, 9.17) is 0 Å². The van der Waals surface area contributed by atoms with Crippen LogP contribution in [0.25, 0.3) is 0 Å². The van der Waals surface area contributed by atoms with Crippen LogP contribution in [0.4, 0.5) is 0 Å². The summed E-state index contributed by atoms with van der Waals surface area (Å²) in [5.74, 6) is 0.315. The average molecular weight is 177 g/mol. The molecule has 0 radical (unpaired) electrons. The van der Waals surface area contributed by atoms with Crippen molar-refractivity contribution in [2.45, 2.75) is 24.0 Å². The van der Waals surface area contributed by atoms with Gasteiger partial charge in [-0.05, 0) is 0 Å². The van der Waals surface area contributed by atoms with E-state index in [-0.39, 0.29) is 0 Å². The van der Waals surface area contributed by atoms with E-state index in [1.807, 2.05) is 16.7 Å². The van der Waals surface area contributed by atoms with Gasteiger partial charge in [0.15, 0.2) is 0 Å². The maximum absolute atomic E-state index is 11.1. The molecule has 0 bridgehead atoms. The molecule has 1 unspecified atom stereocenters. The first-order valence-corrected chi connectivity index (χ1v) is 5.78. The number of fused-ring (bicyclic) bond motifs is 1. The molecule has 0 N–H and O–H groups in total. The number of hydrogen-bond donors (Lipinski definition) is 0. The molecule has 0 spiro atoms. The fourth-order valence-electron chi connectivity index (χ4n) is 1.63. The second-order valence-electron chi connectivity index (χ2n) is 3.07.